The van der Waals surface area contributed by atoms with Crippen molar-refractivity contribution in [2.24, 2.45) is 0 Å². The maximum absolute atomic E-state index is 3.56. The Balaban J connectivity index is 0.00000722. The van der Waals surface area contributed by atoms with Crippen LogP contribution < -0.4 is 44.6 Å². The quantitative estimate of drug-likeness (QED) is 0.148. The fraction of sp³-hybridized carbons (Fsp3) is 0.697. The number of hydrogen-bond acceptors (Lipinski definition) is 2. The number of pyridine rings is 2. The second-order valence-corrected chi connectivity index (χ2v) is 10.8. The van der Waals surface area contributed by atoms with Gasteiger partial charge in [-0.3, -0.25) is 0 Å². The fourth-order valence-electron chi connectivity index (χ4n) is 4.84. The molecule has 0 aliphatic heterocycles. The molecule has 0 bridgehead atoms. The molecule has 224 valence electrons. The lowest BCUT2D eigenvalue weighted by Crippen LogP contribution is -3.00. The summed E-state index contributed by atoms with van der Waals surface area (Å²) in [5.74, 6) is 0. The number of nitrogens with zero attached hydrogens (tertiary/aromatic N) is 2. The van der Waals surface area contributed by atoms with Crippen molar-refractivity contribution in [2.45, 2.75) is 136 Å². The van der Waals surface area contributed by atoms with Gasteiger partial charge in [-0.05, 0) is 25.7 Å². The maximum atomic E-state index is 3.56. The van der Waals surface area contributed by atoms with Crippen molar-refractivity contribution < 1.29 is 33.9 Å². The van der Waals surface area contributed by atoms with Crippen LogP contribution in [0.4, 0.5) is 11.4 Å². The molecule has 2 aromatic heterocycles. The van der Waals surface area contributed by atoms with Crippen LogP contribution in [0.3, 0.4) is 0 Å². The van der Waals surface area contributed by atoms with Gasteiger partial charge in [0, 0.05) is 61.6 Å². The molecule has 0 spiro atoms. The van der Waals surface area contributed by atoms with Crippen molar-refractivity contribution in [3.63, 3.8) is 0 Å². The molecule has 0 amide bonds. The third-order valence-corrected chi connectivity index (χ3v) is 7.33. The van der Waals surface area contributed by atoms with Gasteiger partial charge in [-0.2, -0.15) is 0 Å². The number of aryl methyl sites for hydroxylation is 2. The molecule has 2 N–H and O–H groups in total. The predicted molar refractivity (Wildman–Crippen MR) is 160 cm³/mol. The number of unbranched alkanes of at least 4 members (excludes halogenated alkanes) is 14. The Morgan fingerprint density at radius 3 is 1.10 bits per heavy atom. The number of halogens is 2. The van der Waals surface area contributed by atoms with Crippen LogP contribution in [0.2, 0.25) is 0 Å². The molecule has 0 aliphatic carbocycles. The van der Waals surface area contributed by atoms with E-state index < -0.39 is 0 Å². The van der Waals surface area contributed by atoms with Crippen molar-refractivity contribution in [1.82, 2.24) is 0 Å². The Morgan fingerprint density at radius 1 is 0.436 bits per heavy atom. The van der Waals surface area contributed by atoms with Gasteiger partial charge in [-0.1, -0.05) is 84.5 Å². The van der Waals surface area contributed by atoms with E-state index in [1.54, 1.807) is 0 Å². The molecule has 0 aromatic carbocycles. The van der Waals surface area contributed by atoms with Crippen LogP contribution in [-0.2, 0) is 13.1 Å². The highest BCUT2D eigenvalue weighted by Gasteiger charge is 2.03. The zero-order valence-corrected chi connectivity index (χ0v) is 26.6. The molecule has 2 rings (SSSR count). The minimum Gasteiger partial charge on any atom is -1.00 e. The molecule has 0 radical (unpaired) electrons. The third-order valence-electron chi connectivity index (χ3n) is 7.33. The molecule has 2 aromatic rings. The van der Waals surface area contributed by atoms with E-state index in [2.05, 4.69) is 82.7 Å². The van der Waals surface area contributed by atoms with Crippen LogP contribution in [0.25, 0.3) is 0 Å². The lowest BCUT2D eigenvalue weighted by molar-refractivity contribution is -0.697. The van der Waals surface area contributed by atoms with Crippen molar-refractivity contribution in [3.05, 3.63) is 49.1 Å². The van der Waals surface area contributed by atoms with Crippen LogP contribution >= 0.6 is 0 Å². The first-order valence-electron chi connectivity index (χ1n) is 15.8. The molecule has 0 saturated carbocycles. The van der Waals surface area contributed by atoms with E-state index in [1.165, 1.54) is 121 Å². The topological polar surface area (TPSA) is 31.8 Å². The Hall–Kier alpha value is -1.52. The molecule has 2 heterocycles. The van der Waals surface area contributed by atoms with E-state index in [9.17, 15) is 0 Å². The molecule has 0 fully saturated rings. The van der Waals surface area contributed by atoms with Gasteiger partial charge >= 0.3 is 0 Å². The molecule has 6 heteroatoms. The number of rotatable bonds is 24. The normalized spacial score (nSPS) is 10.5. The molecule has 0 atom stereocenters. The van der Waals surface area contributed by atoms with Crippen molar-refractivity contribution >= 4 is 11.4 Å². The van der Waals surface area contributed by atoms with E-state index in [0.717, 1.165) is 26.2 Å². The third kappa shape index (κ3) is 20.1. The fourth-order valence-corrected chi connectivity index (χ4v) is 4.84. The summed E-state index contributed by atoms with van der Waals surface area (Å²) in [7, 11) is 0. The average molecular weight is 582 g/mol. The summed E-state index contributed by atoms with van der Waals surface area (Å²) in [5.41, 5.74) is 2.51. The minimum atomic E-state index is 0. The minimum absolute atomic E-state index is 0. The molecule has 4 nitrogen and oxygen atoms in total. The summed E-state index contributed by atoms with van der Waals surface area (Å²) in [6, 6.07) is 8.90. The number of nitrogens with one attached hydrogen (secondary N) is 2. The molecular weight excluding hydrogens is 523 g/mol. The molecule has 0 aliphatic rings. The zero-order valence-electron chi connectivity index (χ0n) is 25.1. The van der Waals surface area contributed by atoms with E-state index in [1.807, 2.05) is 0 Å². The highest BCUT2D eigenvalue weighted by atomic mass is 35.5. The molecule has 39 heavy (non-hydrogen) atoms. The smallest absolute Gasteiger partial charge is 0.170 e. The van der Waals surface area contributed by atoms with E-state index in [0.29, 0.717) is 0 Å². The predicted octanol–water partition coefficient (Wildman–Crippen LogP) is 2.47. The summed E-state index contributed by atoms with van der Waals surface area (Å²) < 4.78 is 4.66. The van der Waals surface area contributed by atoms with Gasteiger partial charge in [0.05, 0.1) is 0 Å². The lowest BCUT2D eigenvalue weighted by Gasteiger charge is -2.06. The standard InChI is InChI=1S/C33H56N4.2ClH/c1-3-5-7-12-16-24-34-32-20-28-36(29-21-32)26-18-14-10-9-11-15-19-27-37-30-22-33(23-31-37)35-25-17-13-8-6-4-2;;/h20-23,28-31H,3-19,24-27H2,1-2H3;2*1H. The van der Waals surface area contributed by atoms with Gasteiger partial charge in [0.2, 0.25) is 0 Å². The molecule has 0 saturated heterocycles. The van der Waals surface area contributed by atoms with E-state index in [4.69, 9.17) is 0 Å². The number of anilines is 2. The second-order valence-electron chi connectivity index (χ2n) is 10.8. The zero-order chi connectivity index (χ0) is 26.2. The summed E-state index contributed by atoms with van der Waals surface area (Å²) in [4.78, 5) is 0. The summed E-state index contributed by atoms with van der Waals surface area (Å²) in [6.07, 6.45) is 31.6. The second kappa shape index (κ2) is 26.7. The van der Waals surface area contributed by atoms with Gasteiger partial charge in [0.15, 0.2) is 24.8 Å². The Kier molecular flexibility index (Phi) is 25.6. The van der Waals surface area contributed by atoms with Gasteiger partial charge in [0.1, 0.15) is 13.1 Å². The molecule has 0 unspecified atom stereocenters. The van der Waals surface area contributed by atoms with E-state index in [-0.39, 0.29) is 24.8 Å². The maximum Gasteiger partial charge on any atom is 0.170 e. The van der Waals surface area contributed by atoms with Crippen molar-refractivity contribution in [3.8, 4) is 0 Å². The number of hydrogen-bond donors (Lipinski definition) is 2. The van der Waals surface area contributed by atoms with Crippen molar-refractivity contribution in [1.29, 1.82) is 0 Å². The van der Waals surface area contributed by atoms with Gasteiger partial charge < -0.3 is 35.4 Å². The summed E-state index contributed by atoms with van der Waals surface area (Å²) in [5, 5.41) is 7.12. The Morgan fingerprint density at radius 2 is 0.744 bits per heavy atom. The first-order valence-corrected chi connectivity index (χ1v) is 15.8. The van der Waals surface area contributed by atoms with Crippen LogP contribution in [0.5, 0.6) is 0 Å². The number of aromatic nitrogens is 2. The highest BCUT2D eigenvalue weighted by molar-refractivity contribution is 5.40. The highest BCUT2D eigenvalue weighted by Crippen LogP contribution is 2.10. The van der Waals surface area contributed by atoms with Crippen LogP contribution in [0, 0.1) is 0 Å². The van der Waals surface area contributed by atoms with Crippen LogP contribution in [0.15, 0.2) is 49.1 Å². The first-order chi connectivity index (χ1) is 18.3. The van der Waals surface area contributed by atoms with Gasteiger partial charge in [-0.25, -0.2) is 9.13 Å². The van der Waals surface area contributed by atoms with Crippen LogP contribution in [0.1, 0.15) is 123 Å². The summed E-state index contributed by atoms with van der Waals surface area (Å²) in [6.45, 7) is 9.00. The monoisotopic (exact) mass is 580 g/mol. The van der Waals surface area contributed by atoms with Gasteiger partial charge in [0.25, 0.3) is 0 Å². The van der Waals surface area contributed by atoms with E-state index >= 15 is 0 Å². The first kappa shape index (κ1) is 37.5. The average Bonchev–Trinajstić information content (AvgIpc) is 2.93. The lowest BCUT2D eigenvalue weighted by atomic mass is 10.1. The summed E-state index contributed by atoms with van der Waals surface area (Å²) >= 11 is 0. The SMILES string of the molecule is CCCCCCCNc1cc[n+](CCCCCCCCC[n+]2ccc(NCCCCCCC)cc2)cc1.[Cl-].[Cl-]. The largest absolute Gasteiger partial charge is 1.00 e. The Bertz CT molecular complexity index is 703. The van der Waals surface area contributed by atoms with Gasteiger partial charge in [-0.15, -0.1) is 0 Å². The van der Waals surface area contributed by atoms with Crippen LogP contribution in [-0.4, -0.2) is 13.1 Å². The Labute approximate surface area is 253 Å². The molecular formula is C33H58Cl2N4. The van der Waals surface area contributed by atoms with Crippen molar-refractivity contribution in [2.75, 3.05) is 23.7 Å².